The Balaban J connectivity index is 1.92. The molecule has 1 unspecified atom stereocenters. The van der Waals surface area contributed by atoms with Gasteiger partial charge in [0.15, 0.2) is 0 Å². The van der Waals surface area contributed by atoms with Crippen LogP contribution in [0.2, 0.25) is 0 Å². The Morgan fingerprint density at radius 2 is 2.08 bits per heavy atom. The summed E-state index contributed by atoms with van der Waals surface area (Å²) in [6, 6.07) is 0.783. The van der Waals surface area contributed by atoms with E-state index in [4.69, 9.17) is 5.73 Å². The quantitative estimate of drug-likeness (QED) is 0.667. The average Bonchev–Trinajstić information content (AvgIpc) is 2.20. The lowest BCUT2D eigenvalue weighted by molar-refractivity contribution is 0.0180. The SMILES string of the molecule is CN(CCN)C1CN2CCC1CC2. The number of piperidine rings is 3. The molecular weight excluding hydrogens is 162 g/mol. The summed E-state index contributed by atoms with van der Waals surface area (Å²) in [5.74, 6) is 0.946. The number of nitrogens with two attached hydrogens (primary N) is 1. The zero-order valence-corrected chi connectivity index (χ0v) is 8.58. The van der Waals surface area contributed by atoms with Crippen molar-refractivity contribution in [3.8, 4) is 0 Å². The van der Waals surface area contributed by atoms with Crippen LogP contribution < -0.4 is 5.73 Å². The number of nitrogens with zero attached hydrogens (tertiary/aromatic N) is 2. The fourth-order valence-electron chi connectivity index (χ4n) is 2.80. The third kappa shape index (κ3) is 1.87. The Morgan fingerprint density at radius 1 is 1.38 bits per heavy atom. The number of rotatable bonds is 3. The molecule has 3 heterocycles. The van der Waals surface area contributed by atoms with Crippen LogP contribution in [0.1, 0.15) is 12.8 Å². The second-order valence-electron chi connectivity index (χ2n) is 4.47. The maximum atomic E-state index is 5.58. The summed E-state index contributed by atoms with van der Waals surface area (Å²) >= 11 is 0. The predicted molar refractivity (Wildman–Crippen MR) is 54.6 cm³/mol. The molecule has 0 radical (unpaired) electrons. The first kappa shape index (κ1) is 9.44. The van der Waals surface area contributed by atoms with Crippen molar-refractivity contribution in [2.45, 2.75) is 18.9 Å². The molecule has 76 valence electrons. The first-order valence-corrected chi connectivity index (χ1v) is 5.44. The van der Waals surface area contributed by atoms with Gasteiger partial charge in [0, 0.05) is 25.7 Å². The maximum absolute atomic E-state index is 5.58. The molecule has 0 aromatic rings. The maximum Gasteiger partial charge on any atom is 0.0249 e. The van der Waals surface area contributed by atoms with Crippen molar-refractivity contribution >= 4 is 0 Å². The van der Waals surface area contributed by atoms with Crippen LogP contribution in [-0.4, -0.2) is 55.6 Å². The topological polar surface area (TPSA) is 32.5 Å². The van der Waals surface area contributed by atoms with Crippen LogP contribution in [0.3, 0.4) is 0 Å². The van der Waals surface area contributed by atoms with E-state index >= 15 is 0 Å². The van der Waals surface area contributed by atoms with E-state index in [1.807, 2.05) is 0 Å². The molecular formula is C10H21N3. The van der Waals surface area contributed by atoms with E-state index in [-0.39, 0.29) is 0 Å². The Labute approximate surface area is 80.9 Å². The summed E-state index contributed by atoms with van der Waals surface area (Å²) in [5, 5.41) is 0. The summed E-state index contributed by atoms with van der Waals surface area (Å²) in [7, 11) is 2.22. The molecule has 13 heavy (non-hydrogen) atoms. The molecule has 0 amide bonds. The van der Waals surface area contributed by atoms with Gasteiger partial charge in [-0.15, -0.1) is 0 Å². The van der Waals surface area contributed by atoms with Crippen molar-refractivity contribution in [2.75, 3.05) is 39.8 Å². The highest BCUT2D eigenvalue weighted by atomic mass is 15.2. The minimum Gasteiger partial charge on any atom is -0.329 e. The van der Waals surface area contributed by atoms with E-state index in [2.05, 4.69) is 16.8 Å². The molecule has 3 aliphatic rings. The van der Waals surface area contributed by atoms with Crippen LogP contribution in [0.4, 0.5) is 0 Å². The fraction of sp³-hybridized carbons (Fsp3) is 1.00. The lowest BCUT2D eigenvalue weighted by Gasteiger charge is -2.48. The van der Waals surface area contributed by atoms with Crippen LogP contribution in [0.25, 0.3) is 0 Å². The van der Waals surface area contributed by atoms with E-state index in [1.165, 1.54) is 32.5 Å². The summed E-state index contributed by atoms with van der Waals surface area (Å²) in [5.41, 5.74) is 5.58. The molecule has 3 heteroatoms. The van der Waals surface area contributed by atoms with Gasteiger partial charge in [-0.25, -0.2) is 0 Å². The van der Waals surface area contributed by atoms with Crippen LogP contribution >= 0.6 is 0 Å². The molecule has 0 saturated carbocycles. The number of likely N-dealkylation sites (N-methyl/N-ethyl adjacent to an activating group) is 1. The van der Waals surface area contributed by atoms with Gasteiger partial charge in [0.2, 0.25) is 0 Å². The fourth-order valence-corrected chi connectivity index (χ4v) is 2.80. The van der Waals surface area contributed by atoms with Gasteiger partial charge >= 0.3 is 0 Å². The normalized spacial score (nSPS) is 38.5. The van der Waals surface area contributed by atoms with Crippen LogP contribution in [-0.2, 0) is 0 Å². The van der Waals surface area contributed by atoms with Gasteiger partial charge in [0.25, 0.3) is 0 Å². The summed E-state index contributed by atoms with van der Waals surface area (Å²) < 4.78 is 0. The first-order chi connectivity index (χ1) is 6.31. The molecule has 3 fully saturated rings. The van der Waals surface area contributed by atoms with Gasteiger partial charge in [-0.2, -0.15) is 0 Å². The monoisotopic (exact) mass is 183 g/mol. The molecule has 0 spiro atoms. The van der Waals surface area contributed by atoms with Gasteiger partial charge in [-0.1, -0.05) is 0 Å². The minimum atomic E-state index is 0.783. The lowest BCUT2D eigenvalue weighted by atomic mass is 9.83. The third-order valence-corrected chi connectivity index (χ3v) is 3.67. The van der Waals surface area contributed by atoms with E-state index in [0.717, 1.165) is 25.0 Å². The number of hydrogen-bond donors (Lipinski definition) is 1. The lowest BCUT2D eigenvalue weighted by Crippen LogP contribution is -2.57. The molecule has 3 aliphatic heterocycles. The van der Waals surface area contributed by atoms with Crippen molar-refractivity contribution in [3.05, 3.63) is 0 Å². The van der Waals surface area contributed by atoms with Gasteiger partial charge in [-0.05, 0) is 38.9 Å². The molecule has 2 bridgehead atoms. The highest BCUT2D eigenvalue weighted by molar-refractivity contribution is 4.91. The molecule has 2 N–H and O–H groups in total. The van der Waals surface area contributed by atoms with E-state index in [9.17, 15) is 0 Å². The second kappa shape index (κ2) is 3.95. The Hall–Kier alpha value is -0.120. The minimum absolute atomic E-state index is 0.783. The van der Waals surface area contributed by atoms with Crippen molar-refractivity contribution in [1.29, 1.82) is 0 Å². The molecule has 3 nitrogen and oxygen atoms in total. The molecule has 0 aromatic heterocycles. The molecule has 3 saturated heterocycles. The van der Waals surface area contributed by atoms with Crippen molar-refractivity contribution in [3.63, 3.8) is 0 Å². The number of fused-ring (bicyclic) bond motifs is 3. The zero-order chi connectivity index (χ0) is 9.26. The Kier molecular flexibility index (Phi) is 2.86. The van der Waals surface area contributed by atoms with E-state index < -0.39 is 0 Å². The molecule has 0 aliphatic carbocycles. The summed E-state index contributed by atoms with van der Waals surface area (Å²) in [6.07, 6.45) is 2.80. The van der Waals surface area contributed by atoms with Crippen molar-refractivity contribution < 1.29 is 0 Å². The predicted octanol–water partition coefficient (Wildman–Crippen LogP) is -0.0289. The Morgan fingerprint density at radius 3 is 2.54 bits per heavy atom. The average molecular weight is 183 g/mol. The third-order valence-electron chi connectivity index (χ3n) is 3.67. The van der Waals surface area contributed by atoms with Crippen LogP contribution in [0.5, 0.6) is 0 Å². The van der Waals surface area contributed by atoms with Gasteiger partial charge < -0.3 is 15.5 Å². The van der Waals surface area contributed by atoms with E-state index in [1.54, 1.807) is 0 Å². The summed E-state index contributed by atoms with van der Waals surface area (Å²) in [4.78, 5) is 5.05. The zero-order valence-electron chi connectivity index (χ0n) is 8.58. The van der Waals surface area contributed by atoms with Gasteiger partial charge in [0.1, 0.15) is 0 Å². The van der Waals surface area contributed by atoms with Crippen molar-refractivity contribution in [1.82, 2.24) is 9.80 Å². The molecule has 1 atom stereocenters. The Bertz CT molecular complexity index is 164. The van der Waals surface area contributed by atoms with Gasteiger partial charge in [0.05, 0.1) is 0 Å². The second-order valence-corrected chi connectivity index (χ2v) is 4.47. The summed E-state index contributed by atoms with van der Waals surface area (Å²) in [6.45, 7) is 5.78. The molecule has 0 aromatic carbocycles. The first-order valence-electron chi connectivity index (χ1n) is 5.44. The van der Waals surface area contributed by atoms with Crippen molar-refractivity contribution in [2.24, 2.45) is 11.7 Å². The standard InChI is InChI=1S/C10H21N3/c1-12(7-4-11)10-8-13-5-2-9(10)3-6-13/h9-10H,2-8,11H2,1H3. The van der Waals surface area contributed by atoms with Crippen LogP contribution in [0, 0.1) is 5.92 Å². The highest BCUT2D eigenvalue weighted by Gasteiger charge is 2.35. The smallest absolute Gasteiger partial charge is 0.0249 e. The largest absolute Gasteiger partial charge is 0.329 e. The van der Waals surface area contributed by atoms with Crippen LogP contribution in [0.15, 0.2) is 0 Å². The highest BCUT2D eigenvalue weighted by Crippen LogP contribution is 2.29. The van der Waals surface area contributed by atoms with E-state index in [0.29, 0.717) is 0 Å². The molecule has 3 rings (SSSR count). The number of hydrogen-bond acceptors (Lipinski definition) is 3. The van der Waals surface area contributed by atoms with Gasteiger partial charge in [-0.3, -0.25) is 0 Å².